The number of anilines is 1. The van der Waals surface area contributed by atoms with Crippen LogP contribution in [0.4, 0.5) is 5.69 Å². The molecule has 5 nitrogen and oxygen atoms in total. The molecule has 2 heterocycles. The average molecular weight is 373 g/mol. The molecule has 1 aliphatic heterocycles. The van der Waals surface area contributed by atoms with Crippen LogP contribution in [0.2, 0.25) is 0 Å². The minimum absolute atomic E-state index is 0. The predicted molar refractivity (Wildman–Crippen MR) is 103 cm³/mol. The lowest BCUT2D eigenvalue weighted by atomic mass is 10.2. The van der Waals surface area contributed by atoms with Gasteiger partial charge in [0.25, 0.3) is 0 Å². The molecule has 3 rings (SSSR count). The number of carbonyl (C=O) groups is 1. The quantitative estimate of drug-likeness (QED) is 0.859. The maximum atomic E-state index is 11.9. The first-order valence-electron chi connectivity index (χ1n) is 8.18. The number of halogens is 2. The van der Waals surface area contributed by atoms with Crippen molar-refractivity contribution in [3.63, 3.8) is 0 Å². The van der Waals surface area contributed by atoms with Gasteiger partial charge in [-0.1, -0.05) is 6.42 Å². The number of imidazole rings is 1. The smallest absolute Gasteiger partial charge is 0.224 e. The molecule has 7 heteroatoms. The van der Waals surface area contributed by atoms with Gasteiger partial charge in [0, 0.05) is 31.1 Å². The number of amides is 1. The predicted octanol–water partition coefficient (Wildman–Crippen LogP) is 3.67. The number of hydrogen-bond donors (Lipinski definition) is 2. The van der Waals surface area contributed by atoms with E-state index in [2.05, 4.69) is 16.0 Å². The van der Waals surface area contributed by atoms with Crippen LogP contribution in [0.3, 0.4) is 0 Å². The van der Waals surface area contributed by atoms with Gasteiger partial charge in [-0.2, -0.15) is 0 Å². The number of aromatic nitrogens is 2. The monoisotopic (exact) mass is 372 g/mol. The Hall–Kier alpha value is -1.30. The van der Waals surface area contributed by atoms with Gasteiger partial charge in [-0.3, -0.25) is 4.79 Å². The molecule has 1 amide bonds. The second-order valence-corrected chi connectivity index (χ2v) is 6.26. The van der Waals surface area contributed by atoms with Gasteiger partial charge in [-0.25, -0.2) is 4.98 Å². The highest BCUT2D eigenvalue weighted by molar-refractivity contribution is 5.93. The second-order valence-electron chi connectivity index (χ2n) is 6.26. The highest BCUT2D eigenvalue weighted by Crippen LogP contribution is 2.24. The van der Waals surface area contributed by atoms with Crippen molar-refractivity contribution in [1.29, 1.82) is 0 Å². The fourth-order valence-electron chi connectivity index (χ4n) is 3.01. The van der Waals surface area contributed by atoms with Gasteiger partial charge in [0.1, 0.15) is 5.82 Å². The van der Waals surface area contributed by atoms with Crippen molar-refractivity contribution in [2.45, 2.75) is 58.0 Å². The van der Waals surface area contributed by atoms with Crippen molar-refractivity contribution in [2.75, 3.05) is 5.32 Å². The van der Waals surface area contributed by atoms with Crippen molar-refractivity contribution in [3.05, 3.63) is 24.0 Å². The maximum absolute atomic E-state index is 11.9. The average Bonchev–Trinajstić information content (AvgIpc) is 2.66. The number of benzene rings is 1. The van der Waals surface area contributed by atoms with E-state index in [1.54, 1.807) is 0 Å². The van der Waals surface area contributed by atoms with Crippen molar-refractivity contribution in [1.82, 2.24) is 9.55 Å². The van der Waals surface area contributed by atoms with E-state index in [9.17, 15) is 4.79 Å². The van der Waals surface area contributed by atoms with Crippen LogP contribution in [0.25, 0.3) is 11.0 Å². The zero-order chi connectivity index (χ0) is 15.5. The summed E-state index contributed by atoms with van der Waals surface area (Å²) in [4.78, 5) is 16.6. The summed E-state index contributed by atoms with van der Waals surface area (Å²) in [7, 11) is 0. The van der Waals surface area contributed by atoms with Crippen LogP contribution in [-0.2, 0) is 17.8 Å². The minimum atomic E-state index is 0. The number of hydrogen-bond acceptors (Lipinski definition) is 3. The highest BCUT2D eigenvalue weighted by atomic mass is 35.5. The largest absolute Gasteiger partial charge is 0.328 e. The molecule has 0 spiro atoms. The summed E-state index contributed by atoms with van der Waals surface area (Å²) in [5.41, 5.74) is 8.65. The molecule has 3 N–H and O–H groups in total. The number of nitrogens with one attached hydrogen (secondary N) is 1. The molecule has 1 aliphatic rings. The van der Waals surface area contributed by atoms with Crippen LogP contribution in [0, 0.1) is 0 Å². The SMILES string of the molecule is CC(N)CCC(=O)Nc1ccc2c(c1)nc1n2CCCCC1.Cl.Cl. The van der Waals surface area contributed by atoms with E-state index >= 15 is 0 Å². The molecule has 0 bridgehead atoms. The molecule has 0 fully saturated rings. The summed E-state index contributed by atoms with van der Waals surface area (Å²) in [6, 6.07) is 6.06. The fourth-order valence-corrected chi connectivity index (χ4v) is 3.01. The Morgan fingerprint density at radius 2 is 2.12 bits per heavy atom. The van der Waals surface area contributed by atoms with Gasteiger partial charge in [0.05, 0.1) is 11.0 Å². The van der Waals surface area contributed by atoms with Crippen LogP contribution < -0.4 is 11.1 Å². The van der Waals surface area contributed by atoms with E-state index in [1.807, 2.05) is 19.1 Å². The first-order valence-corrected chi connectivity index (χ1v) is 8.18. The number of aryl methyl sites for hydroxylation is 2. The lowest BCUT2D eigenvalue weighted by molar-refractivity contribution is -0.116. The summed E-state index contributed by atoms with van der Waals surface area (Å²) < 4.78 is 2.32. The third kappa shape index (κ3) is 4.85. The van der Waals surface area contributed by atoms with E-state index in [-0.39, 0.29) is 36.8 Å². The van der Waals surface area contributed by atoms with Crippen LogP contribution >= 0.6 is 24.8 Å². The molecule has 1 atom stereocenters. The molecular weight excluding hydrogens is 347 g/mol. The van der Waals surface area contributed by atoms with E-state index in [4.69, 9.17) is 10.7 Å². The maximum Gasteiger partial charge on any atom is 0.224 e. The van der Waals surface area contributed by atoms with Crippen LogP contribution in [0.1, 0.15) is 44.9 Å². The summed E-state index contributed by atoms with van der Waals surface area (Å²) in [6.45, 7) is 2.96. The minimum Gasteiger partial charge on any atom is -0.328 e. The van der Waals surface area contributed by atoms with Gasteiger partial charge in [0.15, 0.2) is 0 Å². The number of carbonyl (C=O) groups excluding carboxylic acids is 1. The van der Waals surface area contributed by atoms with E-state index in [0.29, 0.717) is 12.8 Å². The van der Waals surface area contributed by atoms with Gasteiger partial charge in [-0.05, 0) is 44.4 Å². The molecule has 0 saturated carbocycles. The zero-order valence-corrected chi connectivity index (χ0v) is 15.6. The van der Waals surface area contributed by atoms with Gasteiger partial charge >= 0.3 is 0 Å². The van der Waals surface area contributed by atoms with Crippen molar-refractivity contribution in [3.8, 4) is 0 Å². The van der Waals surface area contributed by atoms with Gasteiger partial charge in [-0.15, -0.1) is 24.8 Å². The number of nitrogens with zero attached hydrogens (tertiary/aromatic N) is 2. The Kier molecular flexibility index (Phi) is 8.00. The Bertz CT molecular complexity index is 685. The first-order chi connectivity index (χ1) is 10.6. The Morgan fingerprint density at radius 1 is 1.33 bits per heavy atom. The van der Waals surface area contributed by atoms with Crippen LogP contribution in [-0.4, -0.2) is 21.5 Å². The van der Waals surface area contributed by atoms with Gasteiger partial charge < -0.3 is 15.6 Å². The second kappa shape index (κ2) is 9.25. The van der Waals surface area contributed by atoms with Crippen molar-refractivity contribution >= 4 is 47.4 Å². The lowest BCUT2D eigenvalue weighted by Crippen LogP contribution is -2.19. The van der Waals surface area contributed by atoms with Crippen LogP contribution in [0.5, 0.6) is 0 Å². The fraction of sp³-hybridized carbons (Fsp3) is 0.529. The normalized spacial score (nSPS) is 14.8. The topological polar surface area (TPSA) is 72.9 Å². The Labute approximate surface area is 155 Å². The molecule has 1 aromatic heterocycles. The van der Waals surface area contributed by atoms with Crippen molar-refractivity contribution < 1.29 is 4.79 Å². The molecule has 1 unspecified atom stereocenters. The summed E-state index contributed by atoms with van der Waals surface area (Å²) >= 11 is 0. The number of fused-ring (bicyclic) bond motifs is 3. The van der Waals surface area contributed by atoms with E-state index in [1.165, 1.54) is 30.6 Å². The van der Waals surface area contributed by atoms with E-state index < -0.39 is 0 Å². The highest BCUT2D eigenvalue weighted by Gasteiger charge is 2.14. The lowest BCUT2D eigenvalue weighted by Gasteiger charge is -2.08. The molecule has 2 aromatic rings. The summed E-state index contributed by atoms with van der Waals surface area (Å²) in [5, 5.41) is 2.94. The molecule has 24 heavy (non-hydrogen) atoms. The van der Waals surface area contributed by atoms with Gasteiger partial charge in [0.2, 0.25) is 5.91 Å². The van der Waals surface area contributed by atoms with Crippen LogP contribution in [0.15, 0.2) is 18.2 Å². The molecule has 0 saturated heterocycles. The Balaban J connectivity index is 0.00000144. The number of nitrogens with two attached hydrogens (primary N) is 1. The third-order valence-corrected chi connectivity index (χ3v) is 4.22. The summed E-state index contributed by atoms with van der Waals surface area (Å²) in [6.07, 6.45) is 5.91. The Morgan fingerprint density at radius 3 is 2.88 bits per heavy atom. The molecular formula is C17H26Cl2N4O. The number of rotatable bonds is 4. The summed E-state index contributed by atoms with van der Waals surface area (Å²) in [5.74, 6) is 1.19. The standard InChI is InChI=1S/C17H24N4O.2ClH/c1-12(18)6-9-17(22)19-13-7-8-15-14(11-13)20-16-5-3-2-4-10-21(15)16;;/h7-8,11-12H,2-6,9-10,18H2,1H3,(H,19,22);2*1H. The molecule has 0 radical (unpaired) electrons. The molecule has 1 aromatic carbocycles. The molecule has 0 aliphatic carbocycles. The first kappa shape index (κ1) is 20.7. The third-order valence-electron chi connectivity index (χ3n) is 4.22. The zero-order valence-electron chi connectivity index (χ0n) is 14.0. The molecule has 134 valence electrons. The van der Waals surface area contributed by atoms with Crippen molar-refractivity contribution in [2.24, 2.45) is 5.73 Å². The van der Waals surface area contributed by atoms with E-state index in [0.717, 1.165) is 24.2 Å².